The second-order valence-electron chi connectivity index (χ2n) is 5.69. The van der Waals surface area contributed by atoms with E-state index >= 15 is 0 Å². The maximum absolute atomic E-state index is 13.0. The summed E-state index contributed by atoms with van der Waals surface area (Å²) < 4.78 is 15.7. The van der Waals surface area contributed by atoms with Crippen LogP contribution in [-0.2, 0) is 17.9 Å². The number of aryl methyl sites for hydroxylation is 1. The summed E-state index contributed by atoms with van der Waals surface area (Å²) in [4.78, 5) is 23.1. The summed E-state index contributed by atoms with van der Waals surface area (Å²) in [5.41, 5.74) is 0.831. The maximum Gasteiger partial charge on any atom is 0.354 e. The first-order valence-electron chi connectivity index (χ1n) is 7.95. The summed E-state index contributed by atoms with van der Waals surface area (Å²) in [6, 6.07) is 7.32. The van der Waals surface area contributed by atoms with E-state index in [1.165, 1.54) is 33.8 Å². The maximum atomic E-state index is 13.0. The number of anilines is 1. The predicted molar refractivity (Wildman–Crippen MR) is 95.2 cm³/mol. The molecule has 10 heteroatoms. The zero-order valence-corrected chi connectivity index (χ0v) is 14.7. The van der Waals surface area contributed by atoms with Gasteiger partial charge in [-0.1, -0.05) is 23.7 Å². The van der Waals surface area contributed by atoms with Crippen molar-refractivity contribution in [3.63, 3.8) is 0 Å². The van der Waals surface area contributed by atoms with E-state index in [0.29, 0.717) is 6.54 Å². The number of amides is 1. The summed E-state index contributed by atoms with van der Waals surface area (Å²) in [5, 5.41) is 19.9. The van der Waals surface area contributed by atoms with Crippen molar-refractivity contribution < 1.29 is 19.1 Å². The second-order valence-corrected chi connectivity index (χ2v) is 6.10. The zero-order chi connectivity index (χ0) is 19.4. The Balaban J connectivity index is 1.59. The number of halogens is 2. The van der Waals surface area contributed by atoms with Crippen molar-refractivity contribution in [2.45, 2.75) is 19.5 Å². The van der Waals surface area contributed by atoms with E-state index in [1.54, 1.807) is 18.3 Å². The number of nitrogens with one attached hydrogen (secondary N) is 1. The molecule has 0 spiro atoms. The van der Waals surface area contributed by atoms with E-state index in [2.05, 4.69) is 15.5 Å². The Morgan fingerprint density at radius 2 is 1.96 bits per heavy atom. The van der Waals surface area contributed by atoms with Crippen LogP contribution in [-0.4, -0.2) is 36.5 Å². The van der Waals surface area contributed by atoms with E-state index in [0.717, 1.165) is 5.56 Å². The number of hydrogen-bond donors (Lipinski definition) is 2. The average Bonchev–Trinajstić information content (AvgIpc) is 3.22. The average molecular weight is 392 g/mol. The lowest BCUT2D eigenvalue weighted by Gasteiger charge is -2.05. The van der Waals surface area contributed by atoms with Crippen LogP contribution >= 0.6 is 11.6 Å². The van der Waals surface area contributed by atoms with Crippen LogP contribution in [0.3, 0.4) is 0 Å². The fourth-order valence-electron chi connectivity index (χ4n) is 2.43. The van der Waals surface area contributed by atoms with E-state index < -0.39 is 5.97 Å². The Morgan fingerprint density at radius 3 is 2.67 bits per heavy atom. The van der Waals surface area contributed by atoms with Gasteiger partial charge >= 0.3 is 5.97 Å². The molecule has 1 amide bonds. The van der Waals surface area contributed by atoms with Crippen LogP contribution in [0.2, 0.25) is 5.02 Å². The van der Waals surface area contributed by atoms with Crippen molar-refractivity contribution in [3.05, 3.63) is 64.8 Å². The first kappa shape index (κ1) is 18.6. The molecule has 2 aromatic heterocycles. The SMILES string of the molecule is O=C(CCn1nccc1C(=O)O)Nc1nn(Cc2ccc(F)cc2)cc1Cl. The van der Waals surface area contributed by atoms with Crippen molar-refractivity contribution in [2.24, 2.45) is 0 Å². The van der Waals surface area contributed by atoms with Gasteiger partial charge in [0.1, 0.15) is 16.5 Å². The molecule has 0 unspecified atom stereocenters. The highest BCUT2D eigenvalue weighted by molar-refractivity contribution is 6.33. The minimum Gasteiger partial charge on any atom is -0.477 e. The normalized spacial score (nSPS) is 10.7. The van der Waals surface area contributed by atoms with E-state index in [4.69, 9.17) is 16.7 Å². The molecule has 2 heterocycles. The van der Waals surface area contributed by atoms with Gasteiger partial charge in [0.15, 0.2) is 5.82 Å². The van der Waals surface area contributed by atoms with Gasteiger partial charge in [-0.15, -0.1) is 0 Å². The largest absolute Gasteiger partial charge is 0.477 e. The van der Waals surface area contributed by atoms with Crippen molar-refractivity contribution in [2.75, 3.05) is 5.32 Å². The molecule has 1 aromatic carbocycles. The van der Waals surface area contributed by atoms with Gasteiger partial charge in [0, 0.05) is 18.8 Å². The number of rotatable bonds is 7. The third-order valence-electron chi connectivity index (χ3n) is 3.72. The molecule has 27 heavy (non-hydrogen) atoms. The summed E-state index contributed by atoms with van der Waals surface area (Å²) in [6.07, 6.45) is 2.91. The summed E-state index contributed by atoms with van der Waals surface area (Å²) >= 11 is 6.09. The highest BCUT2D eigenvalue weighted by atomic mass is 35.5. The Kier molecular flexibility index (Phi) is 5.51. The number of benzene rings is 1. The lowest BCUT2D eigenvalue weighted by atomic mass is 10.2. The second kappa shape index (κ2) is 8.00. The number of carboxylic acid groups (broad SMARTS) is 1. The van der Waals surface area contributed by atoms with E-state index in [9.17, 15) is 14.0 Å². The standard InChI is InChI=1S/C17H15ClFN5O3/c18-13-10-23(9-11-1-3-12(19)4-2-11)22-16(13)21-15(25)6-8-24-14(17(26)27)5-7-20-24/h1-5,7,10H,6,8-9H2,(H,26,27)(H,21,22,25). The van der Waals surface area contributed by atoms with Gasteiger partial charge < -0.3 is 10.4 Å². The van der Waals surface area contributed by atoms with Crippen LogP contribution < -0.4 is 5.32 Å². The molecule has 3 aromatic rings. The summed E-state index contributed by atoms with van der Waals surface area (Å²) in [5.74, 6) is -1.62. The number of carbonyl (C=O) groups excluding carboxylic acids is 1. The van der Waals surface area contributed by atoms with Crippen LogP contribution in [0.1, 0.15) is 22.5 Å². The monoisotopic (exact) mass is 391 g/mol. The number of aromatic nitrogens is 4. The van der Waals surface area contributed by atoms with Crippen molar-refractivity contribution in [1.29, 1.82) is 0 Å². The Morgan fingerprint density at radius 1 is 1.22 bits per heavy atom. The third-order valence-corrected chi connectivity index (χ3v) is 4.00. The molecule has 2 N–H and O–H groups in total. The molecule has 0 aliphatic rings. The fourth-order valence-corrected chi connectivity index (χ4v) is 2.63. The molecule has 0 atom stereocenters. The molecule has 0 radical (unpaired) electrons. The quantitative estimate of drug-likeness (QED) is 0.644. The number of carboxylic acids is 1. The van der Waals surface area contributed by atoms with Crippen LogP contribution in [0.5, 0.6) is 0 Å². The zero-order valence-electron chi connectivity index (χ0n) is 14.0. The molecule has 3 rings (SSSR count). The lowest BCUT2D eigenvalue weighted by molar-refractivity contribution is -0.116. The fraction of sp³-hybridized carbons (Fsp3) is 0.176. The van der Waals surface area contributed by atoms with Crippen LogP contribution in [0.15, 0.2) is 42.7 Å². The molecule has 0 fully saturated rings. The first-order valence-corrected chi connectivity index (χ1v) is 8.32. The lowest BCUT2D eigenvalue weighted by Crippen LogP contribution is -2.18. The first-order chi connectivity index (χ1) is 12.9. The smallest absolute Gasteiger partial charge is 0.354 e. The Hall–Kier alpha value is -3.20. The number of hydrogen-bond acceptors (Lipinski definition) is 4. The molecular formula is C17H15ClFN5O3. The Bertz CT molecular complexity index is 967. The minimum atomic E-state index is -1.12. The number of aromatic carboxylic acids is 1. The molecule has 0 saturated heterocycles. The van der Waals surface area contributed by atoms with Crippen LogP contribution in [0, 0.1) is 5.82 Å². The van der Waals surface area contributed by atoms with Crippen molar-refractivity contribution in [1.82, 2.24) is 19.6 Å². The van der Waals surface area contributed by atoms with Crippen LogP contribution in [0.25, 0.3) is 0 Å². The highest BCUT2D eigenvalue weighted by Gasteiger charge is 2.14. The van der Waals surface area contributed by atoms with Gasteiger partial charge in [0.05, 0.1) is 13.1 Å². The molecule has 140 valence electrons. The summed E-state index contributed by atoms with van der Waals surface area (Å²) in [7, 11) is 0. The van der Waals surface area contributed by atoms with Gasteiger partial charge in [0.2, 0.25) is 5.91 Å². The molecule has 0 bridgehead atoms. The van der Waals surface area contributed by atoms with Gasteiger partial charge in [-0.25, -0.2) is 9.18 Å². The molecule has 0 aliphatic heterocycles. The van der Waals surface area contributed by atoms with Gasteiger partial charge in [-0.2, -0.15) is 10.2 Å². The van der Waals surface area contributed by atoms with Crippen LogP contribution in [0.4, 0.5) is 10.2 Å². The highest BCUT2D eigenvalue weighted by Crippen LogP contribution is 2.20. The summed E-state index contributed by atoms with van der Waals surface area (Å²) in [6.45, 7) is 0.472. The van der Waals surface area contributed by atoms with E-state index in [1.807, 2.05) is 0 Å². The van der Waals surface area contributed by atoms with Crippen molar-refractivity contribution >= 4 is 29.3 Å². The van der Waals surface area contributed by atoms with E-state index in [-0.39, 0.29) is 41.2 Å². The molecule has 8 nitrogen and oxygen atoms in total. The Labute approximate surface area is 158 Å². The third kappa shape index (κ3) is 4.70. The van der Waals surface area contributed by atoms with Gasteiger partial charge in [-0.05, 0) is 23.8 Å². The molecule has 0 saturated carbocycles. The van der Waals surface area contributed by atoms with Gasteiger partial charge in [-0.3, -0.25) is 14.2 Å². The minimum absolute atomic E-state index is 0.00309. The molecular weight excluding hydrogens is 377 g/mol. The predicted octanol–water partition coefficient (Wildman–Crippen LogP) is 2.65. The number of carbonyl (C=O) groups is 2. The van der Waals surface area contributed by atoms with Gasteiger partial charge in [0.25, 0.3) is 0 Å². The van der Waals surface area contributed by atoms with Crippen molar-refractivity contribution in [3.8, 4) is 0 Å². The molecule has 0 aliphatic carbocycles. The topological polar surface area (TPSA) is 102 Å². The number of nitrogens with zero attached hydrogens (tertiary/aromatic N) is 4.